The molecule has 0 radical (unpaired) electrons. The van der Waals surface area contributed by atoms with E-state index in [4.69, 9.17) is 21.1 Å². The number of hydrogen-bond acceptors (Lipinski definition) is 6. The minimum Gasteiger partial charge on any atom is -0.491 e. The second-order valence-corrected chi connectivity index (χ2v) is 9.06. The Hall–Kier alpha value is -1.99. The van der Waals surface area contributed by atoms with Gasteiger partial charge < -0.3 is 19.7 Å². The fraction of sp³-hybridized carbons (Fsp3) is 0.500. The first-order chi connectivity index (χ1) is 14.9. The summed E-state index contributed by atoms with van der Waals surface area (Å²) in [5.41, 5.74) is 5.20. The molecule has 0 saturated carbocycles. The lowest BCUT2D eigenvalue weighted by Gasteiger charge is -2.37. The van der Waals surface area contributed by atoms with Crippen molar-refractivity contribution in [3.8, 4) is 5.75 Å². The van der Waals surface area contributed by atoms with Crippen molar-refractivity contribution >= 4 is 11.6 Å². The fourth-order valence-electron chi connectivity index (χ4n) is 4.45. The molecule has 2 aromatic rings. The summed E-state index contributed by atoms with van der Waals surface area (Å²) in [5.74, 6) is 1.14. The van der Waals surface area contributed by atoms with E-state index in [0.717, 1.165) is 22.3 Å². The average molecular weight is 446 g/mol. The van der Waals surface area contributed by atoms with Crippen LogP contribution in [0.3, 0.4) is 0 Å². The topological polar surface area (TPSA) is 88.4 Å². The number of ether oxygens (including phenoxy) is 2. The maximum absolute atomic E-state index is 10.8. The van der Waals surface area contributed by atoms with Crippen LogP contribution in [0, 0.1) is 4.91 Å². The molecule has 2 N–H and O–H groups in total. The maximum atomic E-state index is 10.8. The van der Waals surface area contributed by atoms with Crippen molar-refractivity contribution in [1.82, 2.24) is 0 Å². The van der Waals surface area contributed by atoms with Crippen LogP contribution < -0.4 is 4.74 Å². The molecule has 0 spiro atoms. The molecule has 7 heteroatoms. The van der Waals surface area contributed by atoms with Gasteiger partial charge in [-0.25, -0.2) is 0 Å². The van der Waals surface area contributed by atoms with Gasteiger partial charge in [0.2, 0.25) is 0 Å². The third kappa shape index (κ3) is 4.48. The van der Waals surface area contributed by atoms with Crippen molar-refractivity contribution in [3.05, 3.63) is 68.1 Å². The highest BCUT2D eigenvalue weighted by molar-refractivity contribution is 6.33. The number of aliphatic hydroxyl groups excluding tert-OH is 2. The van der Waals surface area contributed by atoms with Crippen molar-refractivity contribution in [2.75, 3.05) is 13.2 Å². The number of hydrogen-bond donors (Lipinski definition) is 2. The SMILES string of the molecule is CC(C)c1ccc(Cc2cc(C3CC(O)[C@H](O)C(CN=O)O3)c3c(c2Cl)OCC3)cc1. The lowest BCUT2D eigenvalue weighted by Crippen LogP contribution is -2.47. The van der Waals surface area contributed by atoms with Crippen molar-refractivity contribution in [2.45, 2.75) is 63.4 Å². The first-order valence-corrected chi connectivity index (χ1v) is 11.1. The molecule has 4 atom stereocenters. The molecule has 0 amide bonds. The van der Waals surface area contributed by atoms with Gasteiger partial charge in [0.05, 0.1) is 23.8 Å². The van der Waals surface area contributed by atoms with Crippen molar-refractivity contribution < 1.29 is 19.7 Å². The molecule has 1 fully saturated rings. The van der Waals surface area contributed by atoms with Crippen LogP contribution in [0.2, 0.25) is 5.02 Å². The van der Waals surface area contributed by atoms with E-state index in [-0.39, 0.29) is 13.0 Å². The Kier molecular flexibility index (Phi) is 6.63. The summed E-state index contributed by atoms with van der Waals surface area (Å²) in [6.07, 6.45) is -1.88. The summed E-state index contributed by atoms with van der Waals surface area (Å²) in [7, 11) is 0. The highest BCUT2D eigenvalue weighted by Gasteiger charge is 2.39. The number of nitroso groups, excluding NO2 is 1. The predicted molar refractivity (Wildman–Crippen MR) is 119 cm³/mol. The van der Waals surface area contributed by atoms with Crippen LogP contribution in [-0.4, -0.2) is 41.7 Å². The molecule has 0 aromatic heterocycles. The Balaban J connectivity index is 1.67. The number of aliphatic hydroxyl groups is 2. The van der Waals surface area contributed by atoms with Crippen molar-refractivity contribution in [3.63, 3.8) is 0 Å². The number of halogens is 1. The van der Waals surface area contributed by atoms with E-state index in [9.17, 15) is 15.1 Å². The van der Waals surface area contributed by atoms with Crippen LogP contribution in [-0.2, 0) is 17.6 Å². The summed E-state index contributed by atoms with van der Waals surface area (Å²) < 4.78 is 11.8. The van der Waals surface area contributed by atoms with Crippen LogP contribution >= 0.6 is 11.6 Å². The normalized spacial score (nSPS) is 25.4. The van der Waals surface area contributed by atoms with Crippen LogP contribution in [0.15, 0.2) is 35.5 Å². The zero-order valence-electron chi connectivity index (χ0n) is 17.8. The monoisotopic (exact) mass is 445 g/mol. The van der Waals surface area contributed by atoms with E-state index < -0.39 is 24.4 Å². The highest BCUT2D eigenvalue weighted by Crippen LogP contribution is 2.44. The lowest BCUT2D eigenvalue weighted by atomic mass is 9.88. The molecule has 0 bridgehead atoms. The number of rotatable bonds is 6. The average Bonchev–Trinajstić information content (AvgIpc) is 3.24. The molecule has 31 heavy (non-hydrogen) atoms. The Morgan fingerprint density at radius 1 is 1.23 bits per heavy atom. The van der Waals surface area contributed by atoms with Gasteiger partial charge in [-0.05, 0) is 34.6 Å². The molecule has 2 aliphatic rings. The molecule has 2 heterocycles. The van der Waals surface area contributed by atoms with Gasteiger partial charge in [0.1, 0.15) is 24.5 Å². The van der Waals surface area contributed by atoms with Gasteiger partial charge in [0.15, 0.2) is 0 Å². The molecule has 4 rings (SSSR count). The van der Waals surface area contributed by atoms with Crippen LogP contribution in [0.5, 0.6) is 5.75 Å². The van der Waals surface area contributed by atoms with E-state index in [2.05, 4.69) is 43.3 Å². The van der Waals surface area contributed by atoms with Gasteiger partial charge in [-0.2, -0.15) is 4.91 Å². The zero-order chi connectivity index (χ0) is 22.1. The largest absolute Gasteiger partial charge is 0.491 e. The Morgan fingerprint density at radius 2 is 1.97 bits per heavy atom. The molecule has 6 nitrogen and oxygen atoms in total. The van der Waals surface area contributed by atoms with Crippen LogP contribution in [0.25, 0.3) is 0 Å². The third-order valence-electron chi connectivity index (χ3n) is 6.24. The van der Waals surface area contributed by atoms with E-state index >= 15 is 0 Å². The third-order valence-corrected chi connectivity index (χ3v) is 6.66. The smallest absolute Gasteiger partial charge is 0.141 e. The summed E-state index contributed by atoms with van der Waals surface area (Å²) in [6.45, 7) is 4.65. The zero-order valence-corrected chi connectivity index (χ0v) is 18.5. The molecule has 3 unspecified atom stereocenters. The molecular weight excluding hydrogens is 418 g/mol. The number of fused-ring (bicyclic) bond motifs is 1. The molecule has 2 aliphatic heterocycles. The van der Waals surface area contributed by atoms with E-state index in [1.165, 1.54) is 5.56 Å². The van der Waals surface area contributed by atoms with Crippen molar-refractivity contribution in [2.24, 2.45) is 5.18 Å². The highest BCUT2D eigenvalue weighted by atomic mass is 35.5. The molecule has 0 aliphatic carbocycles. The van der Waals surface area contributed by atoms with Gasteiger partial charge in [-0.3, -0.25) is 0 Å². The summed E-state index contributed by atoms with van der Waals surface area (Å²) in [6, 6.07) is 10.5. The molecule has 1 saturated heterocycles. The van der Waals surface area contributed by atoms with Crippen LogP contribution in [0.1, 0.15) is 60.1 Å². The second-order valence-electron chi connectivity index (χ2n) is 8.69. The quantitative estimate of drug-likeness (QED) is 0.647. The molecule has 166 valence electrons. The Bertz CT molecular complexity index is 946. The minimum atomic E-state index is -1.13. The van der Waals surface area contributed by atoms with Gasteiger partial charge in [-0.1, -0.05) is 61.0 Å². The van der Waals surface area contributed by atoms with Crippen LogP contribution in [0.4, 0.5) is 0 Å². The Labute approximate surface area is 187 Å². The first kappa shape index (κ1) is 22.2. The number of benzene rings is 2. The molecular formula is C24H28ClNO5. The summed E-state index contributed by atoms with van der Waals surface area (Å²) in [5, 5.41) is 24.0. The number of nitrogens with zero attached hydrogens (tertiary/aromatic N) is 1. The summed E-state index contributed by atoms with van der Waals surface area (Å²) in [4.78, 5) is 10.8. The van der Waals surface area contributed by atoms with Gasteiger partial charge >= 0.3 is 0 Å². The molecule has 2 aromatic carbocycles. The second kappa shape index (κ2) is 9.25. The predicted octanol–water partition coefficient (Wildman–Crippen LogP) is 4.31. The Morgan fingerprint density at radius 3 is 2.65 bits per heavy atom. The standard InChI is InChI=1S/C24H28ClNO5/c1-13(2)15-5-3-14(4-6-15)9-16-10-18(17-7-8-30-24(17)22(16)25)20-11-19(27)23(28)21(31-20)12-26-29/h3-6,10,13,19-21,23,27-28H,7-9,11-12H2,1-2H3/t19?,20?,21?,23-/m0/s1. The summed E-state index contributed by atoms with van der Waals surface area (Å²) >= 11 is 6.72. The lowest BCUT2D eigenvalue weighted by molar-refractivity contribution is -0.166. The fourth-order valence-corrected chi connectivity index (χ4v) is 4.74. The maximum Gasteiger partial charge on any atom is 0.141 e. The van der Waals surface area contributed by atoms with Gasteiger partial charge in [0, 0.05) is 18.4 Å². The van der Waals surface area contributed by atoms with E-state index in [1.54, 1.807) is 0 Å². The van der Waals surface area contributed by atoms with E-state index in [0.29, 0.717) is 36.1 Å². The van der Waals surface area contributed by atoms with E-state index in [1.807, 2.05) is 6.07 Å². The van der Waals surface area contributed by atoms with Gasteiger partial charge in [-0.15, -0.1) is 0 Å². The minimum absolute atomic E-state index is 0.212. The van der Waals surface area contributed by atoms with Gasteiger partial charge in [0.25, 0.3) is 0 Å². The first-order valence-electron chi connectivity index (χ1n) is 10.8. The van der Waals surface area contributed by atoms with Crippen molar-refractivity contribution in [1.29, 1.82) is 0 Å².